The highest BCUT2D eigenvalue weighted by Crippen LogP contribution is 2.47. The van der Waals surface area contributed by atoms with E-state index in [2.05, 4.69) is 5.32 Å². The number of benzene rings is 2. The number of ether oxygens (including phenoxy) is 2. The molecule has 0 radical (unpaired) electrons. The maximum absolute atomic E-state index is 12.1. The zero-order chi connectivity index (χ0) is 23.0. The first-order valence-electron chi connectivity index (χ1n) is 11.2. The maximum Gasteiger partial charge on any atom is 0.518 e. The van der Waals surface area contributed by atoms with Crippen LogP contribution in [0.5, 0.6) is 17.2 Å². The predicted octanol–water partition coefficient (Wildman–Crippen LogP) is 4.62. The Bertz CT molecular complexity index is 891. The normalized spacial score (nSPS) is 21.1. The summed E-state index contributed by atoms with van der Waals surface area (Å²) < 4.78 is 23.8. The molecule has 0 heterocycles. The van der Waals surface area contributed by atoms with E-state index in [9.17, 15) is 19.7 Å². The van der Waals surface area contributed by atoms with Gasteiger partial charge in [0.2, 0.25) is 0 Å². The molecule has 3 rings (SSSR count). The lowest BCUT2D eigenvalue weighted by atomic mass is 9.86. The molecule has 1 saturated carbocycles. The Labute approximate surface area is 190 Å². The van der Waals surface area contributed by atoms with Gasteiger partial charge in [-0.1, -0.05) is 19.4 Å². The van der Waals surface area contributed by atoms with Gasteiger partial charge in [0.1, 0.15) is 30.0 Å². The fourth-order valence-corrected chi connectivity index (χ4v) is 5.02. The molecular weight excluding hydrogens is 429 g/mol. The van der Waals surface area contributed by atoms with E-state index in [4.69, 9.17) is 9.47 Å². The van der Waals surface area contributed by atoms with Crippen molar-refractivity contribution in [3.8, 4) is 17.2 Å². The Hall–Kier alpha value is -2.34. The molecule has 0 bridgehead atoms. The highest BCUT2D eigenvalue weighted by molar-refractivity contribution is 7.40. The summed E-state index contributed by atoms with van der Waals surface area (Å²) in [4.78, 5) is 9.95. The van der Waals surface area contributed by atoms with Crippen LogP contribution < -0.4 is 14.8 Å². The van der Waals surface area contributed by atoms with Crippen LogP contribution in [0.2, 0.25) is 0 Å². The van der Waals surface area contributed by atoms with Crippen molar-refractivity contribution in [1.29, 1.82) is 0 Å². The number of rotatable bonds is 11. The summed E-state index contributed by atoms with van der Waals surface area (Å²) in [6.07, 6.45) is 3.39. The monoisotopic (exact) mass is 462 g/mol. The number of aromatic hydroxyl groups is 1. The van der Waals surface area contributed by atoms with Crippen molar-refractivity contribution in [3.05, 3.63) is 48.0 Å². The van der Waals surface area contributed by atoms with Gasteiger partial charge in [-0.3, -0.25) is 0 Å². The second-order valence-electron chi connectivity index (χ2n) is 8.19. The summed E-state index contributed by atoms with van der Waals surface area (Å²) in [5.41, 5.74) is 1.96. The van der Waals surface area contributed by atoms with Crippen LogP contribution in [0.15, 0.2) is 42.5 Å². The number of aliphatic hydroxyl groups is 1. The van der Waals surface area contributed by atoms with E-state index < -0.39 is 19.3 Å². The fourth-order valence-electron chi connectivity index (χ4n) is 4.11. The number of hydrogen-bond donors (Lipinski definition) is 4. The van der Waals surface area contributed by atoms with Crippen LogP contribution in [-0.4, -0.2) is 46.1 Å². The zero-order valence-electron chi connectivity index (χ0n) is 18.5. The molecule has 7 nitrogen and oxygen atoms in total. The molecule has 3 unspecified atom stereocenters. The number of hydrogen-bond acceptors (Lipinski definition) is 6. The van der Waals surface area contributed by atoms with E-state index in [1.807, 2.05) is 25.1 Å². The first-order chi connectivity index (χ1) is 15.5. The third-order valence-corrected chi connectivity index (χ3v) is 7.46. The number of phenolic OH excluding ortho intramolecular Hbond substituents is 1. The van der Waals surface area contributed by atoms with Crippen LogP contribution in [0, 0.1) is 0 Å². The van der Waals surface area contributed by atoms with Crippen molar-refractivity contribution in [2.75, 3.05) is 25.1 Å². The summed E-state index contributed by atoms with van der Waals surface area (Å²) in [5.74, 6) is 1.60. The highest BCUT2D eigenvalue weighted by atomic mass is 31.1. The van der Waals surface area contributed by atoms with E-state index in [-0.39, 0.29) is 12.4 Å². The molecule has 2 aromatic carbocycles. The number of aliphatic hydroxyl groups excluding tert-OH is 1. The Morgan fingerprint density at radius 3 is 2.62 bits per heavy atom. The van der Waals surface area contributed by atoms with Crippen molar-refractivity contribution >= 4 is 13.7 Å². The summed E-state index contributed by atoms with van der Waals surface area (Å²) in [5, 5.41) is 22.1. The molecule has 0 aromatic heterocycles. The van der Waals surface area contributed by atoms with Crippen LogP contribution in [0.1, 0.15) is 44.6 Å². The largest absolute Gasteiger partial charge is 0.518 e. The second kappa shape index (κ2) is 11.5. The van der Waals surface area contributed by atoms with Crippen LogP contribution in [-0.2, 0) is 11.0 Å². The SMILES string of the molecule is CCc1c(NCCCOc2ccc(O)cc2)cccc1OCC1([P+](=O)O)CCCCC1O. The lowest BCUT2D eigenvalue weighted by Gasteiger charge is -2.31. The lowest BCUT2D eigenvalue weighted by Crippen LogP contribution is -2.46. The summed E-state index contributed by atoms with van der Waals surface area (Å²) in [6, 6.07) is 12.4. The molecule has 1 aliphatic rings. The molecule has 0 spiro atoms. The van der Waals surface area contributed by atoms with Gasteiger partial charge in [-0.15, -0.1) is 0 Å². The molecule has 4 N–H and O–H groups in total. The van der Waals surface area contributed by atoms with Crippen molar-refractivity contribution in [2.45, 2.75) is 56.7 Å². The third-order valence-electron chi connectivity index (χ3n) is 6.04. The maximum atomic E-state index is 12.1. The van der Waals surface area contributed by atoms with Crippen LogP contribution in [0.3, 0.4) is 0 Å². The number of phenols is 1. The summed E-state index contributed by atoms with van der Waals surface area (Å²) in [6.45, 7) is 3.31. The van der Waals surface area contributed by atoms with Gasteiger partial charge in [0.15, 0.2) is 0 Å². The highest BCUT2D eigenvalue weighted by Gasteiger charge is 2.57. The van der Waals surface area contributed by atoms with Crippen molar-refractivity contribution in [1.82, 2.24) is 0 Å². The Morgan fingerprint density at radius 1 is 1.16 bits per heavy atom. The summed E-state index contributed by atoms with van der Waals surface area (Å²) >= 11 is 0. The predicted molar refractivity (Wildman–Crippen MR) is 125 cm³/mol. The van der Waals surface area contributed by atoms with Crippen molar-refractivity contribution in [2.24, 2.45) is 0 Å². The molecule has 3 atom stereocenters. The lowest BCUT2D eigenvalue weighted by molar-refractivity contribution is 0.0548. The summed E-state index contributed by atoms with van der Waals surface area (Å²) in [7, 11) is -2.56. The third kappa shape index (κ3) is 5.91. The van der Waals surface area contributed by atoms with Gasteiger partial charge >= 0.3 is 8.03 Å². The van der Waals surface area contributed by atoms with E-state index in [1.54, 1.807) is 24.3 Å². The number of nitrogens with one attached hydrogen (secondary N) is 1. The van der Waals surface area contributed by atoms with E-state index in [0.717, 1.165) is 36.9 Å². The van der Waals surface area contributed by atoms with Gasteiger partial charge in [0, 0.05) is 24.2 Å². The van der Waals surface area contributed by atoms with Gasteiger partial charge in [-0.25, -0.2) is 0 Å². The molecule has 0 saturated heterocycles. The minimum absolute atomic E-state index is 0.0246. The van der Waals surface area contributed by atoms with Crippen molar-refractivity contribution < 1.29 is 29.1 Å². The first-order valence-corrected chi connectivity index (χ1v) is 12.4. The van der Waals surface area contributed by atoms with E-state index >= 15 is 0 Å². The quantitative estimate of drug-likeness (QED) is 0.285. The minimum atomic E-state index is -2.56. The average Bonchev–Trinajstić information content (AvgIpc) is 2.79. The van der Waals surface area contributed by atoms with Crippen LogP contribution >= 0.6 is 8.03 Å². The van der Waals surface area contributed by atoms with Crippen LogP contribution in [0.4, 0.5) is 5.69 Å². The molecule has 0 aliphatic heterocycles. The average molecular weight is 463 g/mol. The van der Waals surface area contributed by atoms with Crippen LogP contribution in [0.25, 0.3) is 0 Å². The molecule has 1 fully saturated rings. The zero-order valence-corrected chi connectivity index (χ0v) is 19.4. The molecule has 8 heteroatoms. The molecular formula is C24H33NO6P+. The standard InChI is InChI=1S/C24H32NO6P/c1-2-20-21(25-15-6-16-30-19-12-10-18(26)11-13-19)7-5-8-22(20)31-17-24(32(28)29)14-4-3-9-23(24)27/h5,7-8,10-13,23,25,27H,2-4,6,9,14-17H2,1H3,(H-,26,28,29)/p+1. The van der Waals surface area contributed by atoms with Gasteiger partial charge in [0.05, 0.1) is 6.61 Å². The molecule has 2 aromatic rings. The Kier molecular flexibility index (Phi) is 8.74. The molecule has 174 valence electrons. The van der Waals surface area contributed by atoms with E-state index in [0.29, 0.717) is 37.5 Å². The second-order valence-corrected chi connectivity index (χ2v) is 9.62. The van der Waals surface area contributed by atoms with Gasteiger partial charge < -0.3 is 25.0 Å². The smallest absolute Gasteiger partial charge is 0.508 e. The van der Waals surface area contributed by atoms with E-state index in [1.165, 1.54) is 0 Å². The minimum Gasteiger partial charge on any atom is -0.508 e. The molecule has 0 amide bonds. The fraction of sp³-hybridized carbons (Fsp3) is 0.500. The van der Waals surface area contributed by atoms with Gasteiger partial charge in [-0.05, 0) is 66.6 Å². The van der Waals surface area contributed by atoms with Crippen molar-refractivity contribution in [3.63, 3.8) is 0 Å². The number of anilines is 1. The Morgan fingerprint density at radius 2 is 1.94 bits per heavy atom. The topological polar surface area (TPSA) is 108 Å². The molecule has 1 aliphatic carbocycles. The van der Waals surface area contributed by atoms with Gasteiger partial charge in [-0.2, -0.15) is 4.89 Å². The first kappa shape index (κ1) is 24.3. The molecule has 32 heavy (non-hydrogen) atoms. The van der Waals surface area contributed by atoms with Gasteiger partial charge in [0.25, 0.3) is 5.16 Å². The Balaban J connectivity index is 1.57.